The highest BCUT2D eigenvalue weighted by molar-refractivity contribution is 6.00. The summed E-state index contributed by atoms with van der Waals surface area (Å²) in [6.07, 6.45) is 1.17. The second kappa shape index (κ2) is 6.14. The van der Waals surface area contributed by atoms with E-state index in [1.807, 2.05) is 24.3 Å². The van der Waals surface area contributed by atoms with Crippen LogP contribution in [-0.2, 0) is 6.42 Å². The zero-order chi connectivity index (χ0) is 17.4. The van der Waals surface area contributed by atoms with Crippen molar-refractivity contribution in [1.82, 2.24) is 15.5 Å². The minimum absolute atomic E-state index is 0.238. The zero-order valence-electron chi connectivity index (χ0n) is 13.2. The molecular formula is C19H16FN3O2. The molecule has 1 aliphatic carbocycles. The summed E-state index contributed by atoms with van der Waals surface area (Å²) in [6, 6.07) is 13.3. The monoisotopic (exact) mass is 337 g/mol. The van der Waals surface area contributed by atoms with Crippen molar-refractivity contribution in [3.63, 3.8) is 0 Å². The lowest BCUT2D eigenvalue weighted by molar-refractivity contribution is 0.0859. The van der Waals surface area contributed by atoms with Gasteiger partial charge in [-0.15, -0.1) is 0 Å². The van der Waals surface area contributed by atoms with Gasteiger partial charge in [0, 0.05) is 12.0 Å². The lowest BCUT2D eigenvalue weighted by atomic mass is 10.0. The van der Waals surface area contributed by atoms with Crippen molar-refractivity contribution in [2.45, 2.75) is 18.6 Å². The maximum absolute atomic E-state index is 14.0. The summed E-state index contributed by atoms with van der Waals surface area (Å²) in [4.78, 5) is 12.7. The van der Waals surface area contributed by atoms with Gasteiger partial charge in [0.2, 0.25) is 0 Å². The number of nitrogens with zero attached hydrogens (tertiary/aromatic N) is 1. The van der Waals surface area contributed by atoms with Crippen molar-refractivity contribution in [1.29, 1.82) is 0 Å². The minimum atomic E-state index is -0.690. The Bertz CT molecular complexity index is 938. The summed E-state index contributed by atoms with van der Waals surface area (Å²) in [6.45, 7) is 0. The Hall–Kier alpha value is -2.99. The molecule has 0 radical (unpaired) electrons. The third-order valence-electron chi connectivity index (χ3n) is 4.52. The summed E-state index contributed by atoms with van der Waals surface area (Å²) in [5, 5.41) is 19.7. The molecule has 0 unspecified atom stereocenters. The van der Waals surface area contributed by atoms with Crippen LogP contribution in [0.3, 0.4) is 0 Å². The molecular weight excluding hydrogens is 321 g/mol. The number of amides is 1. The Morgan fingerprint density at radius 2 is 1.96 bits per heavy atom. The molecule has 0 fully saturated rings. The van der Waals surface area contributed by atoms with Gasteiger partial charge in [0.05, 0.1) is 29.6 Å². The lowest BCUT2D eigenvalue weighted by Crippen LogP contribution is -2.34. The number of aromatic nitrogens is 2. The molecule has 126 valence electrons. The fourth-order valence-electron chi connectivity index (χ4n) is 3.29. The summed E-state index contributed by atoms with van der Waals surface area (Å²) in [5.41, 5.74) is 2.75. The smallest absolute Gasteiger partial charge is 0.255 e. The van der Waals surface area contributed by atoms with Gasteiger partial charge in [0.1, 0.15) is 5.82 Å². The Morgan fingerprint density at radius 1 is 1.20 bits per heavy atom. The molecule has 0 saturated heterocycles. The molecule has 0 spiro atoms. The maximum atomic E-state index is 14.0. The van der Waals surface area contributed by atoms with E-state index in [-0.39, 0.29) is 11.1 Å². The van der Waals surface area contributed by atoms with Crippen LogP contribution in [-0.4, -0.2) is 27.3 Å². The standard InChI is InChI=1S/C19H16FN3O2/c20-15-8-4-3-7-13(15)17-14(10-21-23-17)19(25)22-18-12-6-2-1-5-11(12)9-16(18)24/h1-8,10,16,18,24H,9H2,(H,21,23)(H,22,25)/t16-,18-/m0/s1. The van der Waals surface area contributed by atoms with Crippen LogP contribution in [0.15, 0.2) is 54.7 Å². The van der Waals surface area contributed by atoms with Gasteiger partial charge in [0.25, 0.3) is 5.91 Å². The van der Waals surface area contributed by atoms with Crippen molar-refractivity contribution < 1.29 is 14.3 Å². The van der Waals surface area contributed by atoms with Crippen molar-refractivity contribution in [2.75, 3.05) is 0 Å². The first-order chi connectivity index (χ1) is 12.1. The molecule has 5 nitrogen and oxygen atoms in total. The van der Waals surface area contributed by atoms with E-state index in [0.717, 1.165) is 11.1 Å². The van der Waals surface area contributed by atoms with E-state index in [9.17, 15) is 14.3 Å². The second-order valence-corrected chi connectivity index (χ2v) is 6.06. The summed E-state index contributed by atoms with van der Waals surface area (Å²) < 4.78 is 14.0. The van der Waals surface area contributed by atoms with Crippen LogP contribution in [0.5, 0.6) is 0 Å². The first kappa shape index (κ1) is 15.5. The molecule has 1 aliphatic rings. The maximum Gasteiger partial charge on any atom is 0.255 e. The van der Waals surface area contributed by atoms with Crippen LogP contribution < -0.4 is 5.32 Å². The molecule has 2 atom stereocenters. The number of aromatic amines is 1. The normalized spacial score (nSPS) is 18.8. The van der Waals surface area contributed by atoms with Gasteiger partial charge in [0.15, 0.2) is 0 Å². The first-order valence-corrected chi connectivity index (χ1v) is 8.00. The number of aliphatic hydroxyl groups excluding tert-OH is 1. The average molecular weight is 337 g/mol. The van der Waals surface area contributed by atoms with E-state index < -0.39 is 23.9 Å². The number of halogens is 1. The van der Waals surface area contributed by atoms with E-state index >= 15 is 0 Å². The molecule has 0 saturated carbocycles. The molecule has 4 rings (SSSR count). The van der Waals surface area contributed by atoms with Gasteiger partial charge in [-0.25, -0.2) is 4.39 Å². The van der Waals surface area contributed by atoms with Crippen LogP contribution in [0.1, 0.15) is 27.5 Å². The lowest BCUT2D eigenvalue weighted by Gasteiger charge is -2.18. The number of benzene rings is 2. The van der Waals surface area contributed by atoms with Gasteiger partial charge >= 0.3 is 0 Å². The van der Waals surface area contributed by atoms with E-state index in [0.29, 0.717) is 12.1 Å². The zero-order valence-corrected chi connectivity index (χ0v) is 13.2. The third-order valence-corrected chi connectivity index (χ3v) is 4.52. The van der Waals surface area contributed by atoms with Crippen LogP contribution >= 0.6 is 0 Å². The van der Waals surface area contributed by atoms with Crippen LogP contribution in [0.25, 0.3) is 11.3 Å². The largest absolute Gasteiger partial charge is 0.390 e. The van der Waals surface area contributed by atoms with Crippen LogP contribution in [0.2, 0.25) is 0 Å². The van der Waals surface area contributed by atoms with E-state index in [1.165, 1.54) is 12.3 Å². The number of H-pyrrole nitrogens is 1. The highest BCUT2D eigenvalue weighted by atomic mass is 19.1. The Morgan fingerprint density at radius 3 is 2.80 bits per heavy atom. The van der Waals surface area contributed by atoms with Gasteiger partial charge in [-0.3, -0.25) is 9.89 Å². The van der Waals surface area contributed by atoms with E-state index in [4.69, 9.17) is 0 Å². The number of nitrogens with one attached hydrogen (secondary N) is 2. The molecule has 0 bridgehead atoms. The van der Waals surface area contributed by atoms with Crippen molar-refractivity contribution in [3.8, 4) is 11.3 Å². The number of hydrogen-bond donors (Lipinski definition) is 3. The summed E-state index contributed by atoms with van der Waals surface area (Å²) >= 11 is 0. The summed E-state index contributed by atoms with van der Waals surface area (Å²) in [5.74, 6) is -0.847. The quantitative estimate of drug-likeness (QED) is 0.687. The molecule has 3 N–H and O–H groups in total. The fourth-order valence-corrected chi connectivity index (χ4v) is 3.29. The number of carbonyl (C=O) groups is 1. The van der Waals surface area contributed by atoms with Crippen molar-refractivity contribution >= 4 is 5.91 Å². The fraction of sp³-hybridized carbons (Fsp3) is 0.158. The highest BCUT2D eigenvalue weighted by Crippen LogP contribution is 2.32. The Kier molecular flexibility index (Phi) is 3.82. The van der Waals surface area contributed by atoms with Crippen LogP contribution in [0, 0.1) is 5.82 Å². The van der Waals surface area contributed by atoms with Crippen LogP contribution in [0.4, 0.5) is 4.39 Å². The molecule has 2 aromatic carbocycles. The number of aliphatic hydroxyl groups is 1. The summed E-state index contributed by atoms with van der Waals surface area (Å²) in [7, 11) is 0. The average Bonchev–Trinajstić information content (AvgIpc) is 3.21. The van der Waals surface area contributed by atoms with E-state index in [1.54, 1.807) is 18.2 Å². The van der Waals surface area contributed by atoms with Gasteiger partial charge in [-0.1, -0.05) is 36.4 Å². The predicted molar refractivity (Wildman–Crippen MR) is 90.3 cm³/mol. The van der Waals surface area contributed by atoms with Crippen molar-refractivity contribution in [2.24, 2.45) is 0 Å². The number of rotatable bonds is 3. The SMILES string of the molecule is O=C(N[C@H]1c2ccccc2C[C@@H]1O)c1cn[nH]c1-c1ccccc1F. The predicted octanol–water partition coefficient (Wildman–Crippen LogP) is 2.60. The molecule has 1 aromatic heterocycles. The molecule has 25 heavy (non-hydrogen) atoms. The molecule has 1 amide bonds. The highest BCUT2D eigenvalue weighted by Gasteiger charge is 2.32. The van der Waals surface area contributed by atoms with Gasteiger partial charge < -0.3 is 10.4 Å². The second-order valence-electron chi connectivity index (χ2n) is 6.06. The topological polar surface area (TPSA) is 78.0 Å². The number of hydrogen-bond acceptors (Lipinski definition) is 3. The van der Waals surface area contributed by atoms with Crippen molar-refractivity contribution in [3.05, 3.63) is 77.2 Å². The van der Waals surface area contributed by atoms with Gasteiger partial charge in [-0.05, 0) is 23.3 Å². The Labute approximate surface area is 143 Å². The molecule has 6 heteroatoms. The number of fused-ring (bicyclic) bond motifs is 1. The van der Waals surface area contributed by atoms with E-state index in [2.05, 4.69) is 15.5 Å². The van der Waals surface area contributed by atoms with Gasteiger partial charge in [-0.2, -0.15) is 5.10 Å². The molecule has 0 aliphatic heterocycles. The minimum Gasteiger partial charge on any atom is -0.390 e. The molecule has 1 heterocycles. The number of carbonyl (C=O) groups excluding carboxylic acids is 1. The molecule has 3 aromatic rings. The first-order valence-electron chi connectivity index (χ1n) is 8.00. The Balaban J connectivity index is 1.64. The third kappa shape index (κ3) is 2.70.